The molecule has 0 radical (unpaired) electrons. The molecule has 0 aliphatic rings. The highest BCUT2D eigenvalue weighted by Crippen LogP contribution is 2.31. The molecule has 0 unspecified atom stereocenters. The Morgan fingerprint density at radius 3 is 2.32 bits per heavy atom. The number of nitrogens with one attached hydrogen (secondary N) is 2. The number of halogens is 3. The average Bonchev–Trinajstić information content (AvgIpc) is 3.09. The zero-order valence-electron chi connectivity index (χ0n) is 12.6. The number of aromatic nitrogens is 2. The van der Waals surface area contributed by atoms with E-state index in [4.69, 9.17) is 0 Å². The summed E-state index contributed by atoms with van der Waals surface area (Å²) in [5, 5.41) is 6.59. The molecule has 0 saturated heterocycles. The van der Waals surface area contributed by atoms with Crippen LogP contribution in [-0.4, -0.2) is 18.6 Å². The van der Waals surface area contributed by atoms with E-state index in [0.29, 0.717) is 6.07 Å². The number of nitrogens with zero attached hydrogens (tertiary/aromatic N) is 1. The minimum Gasteiger partial charge on any atom is -0.280 e. The quantitative estimate of drug-likeness (QED) is 0.734. The summed E-state index contributed by atoms with van der Waals surface area (Å²) in [6, 6.07) is 11.7. The molecule has 0 spiro atoms. The van der Waals surface area contributed by atoms with Gasteiger partial charge in [0.1, 0.15) is 0 Å². The van der Waals surface area contributed by atoms with E-state index in [-0.39, 0.29) is 5.69 Å². The van der Waals surface area contributed by atoms with Gasteiger partial charge in [0.25, 0.3) is 10.0 Å². The number of anilines is 1. The largest absolute Gasteiger partial charge is 0.416 e. The second-order valence-corrected chi connectivity index (χ2v) is 6.86. The van der Waals surface area contributed by atoms with Gasteiger partial charge < -0.3 is 0 Å². The highest BCUT2D eigenvalue weighted by molar-refractivity contribution is 7.92. The number of benzene rings is 2. The first-order valence-electron chi connectivity index (χ1n) is 7.06. The SMILES string of the molecule is O=S(=O)(Nc1ccc(-c2ccn[nH]2)cc1)c1cccc(C(F)(F)F)c1. The van der Waals surface area contributed by atoms with Crippen molar-refractivity contribution in [2.45, 2.75) is 11.1 Å². The van der Waals surface area contributed by atoms with E-state index in [1.165, 1.54) is 12.1 Å². The topological polar surface area (TPSA) is 74.8 Å². The molecule has 25 heavy (non-hydrogen) atoms. The van der Waals surface area contributed by atoms with Gasteiger partial charge in [0.15, 0.2) is 0 Å². The predicted molar refractivity (Wildman–Crippen MR) is 86.3 cm³/mol. The molecule has 0 fully saturated rings. The van der Waals surface area contributed by atoms with E-state index in [0.717, 1.165) is 29.5 Å². The molecule has 0 aliphatic carbocycles. The van der Waals surface area contributed by atoms with Gasteiger partial charge in [-0.2, -0.15) is 18.3 Å². The number of alkyl halides is 3. The third-order valence-electron chi connectivity index (χ3n) is 3.42. The molecule has 2 aromatic carbocycles. The van der Waals surface area contributed by atoms with Crippen LogP contribution in [0.25, 0.3) is 11.3 Å². The van der Waals surface area contributed by atoms with Crippen LogP contribution in [0.1, 0.15) is 5.56 Å². The molecule has 1 aromatic heterocycles. The van der Waals surface area contributed by atoms with Gasteiger partial charge in [0, 0.05) is 11.9 Å². The van der Waals surface area contributed by atoms with Gasteiger partial charge in [-0.25, -0.2) is 8.42 Å². The van der Waals surface area contributed by atoms with Crippen LogP contribution in [-0.2, 0) is 16.2 Å². The maximum absolute atomic E-state index is 12.7. The Balaban J connectivity index is 1.84. The second kappa shape index (κ2) is 6.25. The van der Waals surface area contributed by atoms with Crippen LogP contribution in [0.4, 0.5) is 18.9 Å². The molecule has 0 saturated carbocycles. The maximum atomic E-state index is 12.7. The van der Waals surface area contributed by atoms with Crippen LogP contribution in [0.5, 0.6) is 0 Å². The number of aromatic amines is 1. The fraction of sp³-hybridized carbons (Fsp3) is 0.0625. The number of H-pyrrole nitrogens is 1. The first-order chi connectivity index (χ1) is 11.8. The summed E-state index contributed by atoms with van der Waals surface area (Å²) in [6.07, 6.45) is -3.03. The van der Waals surface area contributed by atoms with Crippen LogP contribution in [0.3, 0.4) is 0 Å². The average molecular weight is 367 g/mol. The highest BCUT2D eigenvalue weighted by Gasteiger charge is 2.31. The molecule has 130 valence electrons. The number of hydrogen-bond donors (Lipinski definition) is 2. The first kappa shape index (κ1) is 17.0. The summed E-state index contributed by atoms with van der Waals surface area (Å²) >= 11 is 0. The lowest BCUT2D eigenvalue weighted by Crippen LogP contribution is -2.14. The van der Waals surface area contributed by atoms with Gasteiger partial charge in [-0.05, 0) is 42.0 Å². The van der Waals surface area contributed by atoms with Crippen molar-refractivity contribution in [2.75, 3.05) is 4.72 Å². The van der Waals surface area contributed by atoms with E-state index in [1.807, 2.05) is 0 Å². The first-order valence-corrected chi connectivity index (χ1v) is 8.54. The summed E-state index contributed by atoms with van der Waals surface area (Å²) in [5.74, 6) is 0. The van der Waals surface area contributed by atoms with Gasteiger partial charge in [-0.15, -0.1) is 0 Å². The summed E-state index contributed by atoms with van der Waals surface area (Å²) in [4.78, 5) is -0.458. The normalized spacial score (nSPS) is 12.1. The molecule has 9 heteroatoms. The Kier molecular flexibility index (Phi) is 4.25. The Labute approximate surface area is 141 Å². The highest BCUT2D eigenvalue weighted by atomic mass is 32.2. The molecule has 0 bridgehead atoms. The predicted octanol–water partition coefficient (Wildman–Crippen LogP) is 3.90. The molecule has 3 rings (SSSR count). The van der Waals surface area contributed by atoms with Crippen LogP contribution in [0.15, 0.2) is 65.7 Å². The molecular weight excluding hydrogens is 355 g/mol. The lowest BCUT2D eigenvalue weighted by Gasteiger charge is -2.11. The van der Waals surface area contributed by atoms with Crippen LogP contribution in [0.2, 0.25) is 0 Å². The Morgan fingerprint density at radius 2 is 1.72 bits per heavy atom. The summed E-state index contributed by atoms with van der Waals surface area (Å²) in [6.45, 7) is 0. The summed E-state index contributed by atoms with van der Waals surface area (Å²) in [5.41, 5.74) is 0.762. The fourth-order valence-electron chi connectivity index (χ4n) is 2.19. The van der Waals surface area contributed by atoms with Crippen LogP contribution >= 0.6 is 0 Å². The van der Waals surface area contributed by atoms with E-state index in [1.54, 1.807) is 24.4 Å². The van der Waals surface area contributed by atoms with Crippen LogP contribution in [0, 0.1) is 0 Å². The Morgan fingerprint density at radius 1 is 1.00 bits per heavy atom. The van der Waals surface area contributed by atoms with Gasteiger partial charge in [-0.1, -0.05) is 18.2 Å². The van der Waals surface area contributed by atoms with Crippen molar-refractivity contribution in [3.05, 3.63) is 66.4 Å². The molecule has 0 aliphatic heterocycles. The van der Waals surface area contributed by atoms with E-state index >= 15 is 0 Å². The van der Waals surface area contributed by atoms with Crippen molar-refractivity contribution in [2.24, 2.45) is 0 Å². The van der Waals surface area contributed by atoms with E-state index < -0.39 is 26.7 Å². The monoisotopic (exact) mass is 367 g/mol. The van der Waals surface area contributed by atoms with E-state index in [9.17, 15) is 21.6 Å². The fourth-order valence-corrected chi connectivity index (χ4v) is 3.29. The van der Waals surface area contributed by atoms with Crippen molar-refractivity contribution in [3.8, 4) is 11.3 Å². The van der Waals surface area contributed by atoms with Gasteiger partial charge in [-0.3, -0.25) is 9.82 Å². The molecule has 2 N–H and O–H groups in total. The molecule has 0 amide bonds. The lowest BCUT2D eigenvalue weighted by molar-refractivity contribution is -0.137. The number of hydrogen-bond acceptors (Lipinski definition) is 3. The molecular formula is C16H12F3N3O2S. The van der Waals surface area contributed by atoms with Gasteiger partial charge >= 0.3 is 6.18 Å². The smallest absolute Gasteiger partial charge is 0.280 e. The number of sulfonamides is 1. The summed E-state index contributed by atoms with van der Waals surface area (Å²) < 4.78 is 65.1. The zero-order chi connectivity index (χ0) is 18.1. The zero-order valence-corrected chi connectivity index (χ0v) is 13.4. The standard InChI is InChI=1S/C16H12F3N3O2S/c17-16(18,19)12-2-1-3-14(10-12)25(23,24)22-13-6-4-11(5-7-13)15-8-9-20-21-15/h1-10,22H,(H,20,21). The minimum absolute atomic E-state index is 0.237. The summed E-state index contributed by atoms with van der Waals surface area (Å²) in [7, 11) is -4.13. The van der Waals surface area contributed by atoms with Gasteiger partial charge in [0.05, 0.1) is 16.2 Å². The van der Waals surface area contributed by atoms with Crippen molar-refractivity contribution in [3.63, 3.8) is 0 Å². The molecule has 3 aromatic rings. The number of rotatable bonds is 4. The van der Waals surface area contributed by atoms with Crippen molar-refractivity contribution < 1.29 is 21.6 Å². The van der Waals surface area contributed by atoms with Crippen molar-refractivity contribution >= 4 is 15.7 Å². The maximum Gasteiger partial charge on any atom is 0.416 e. The molecule has 5 nitrogen and oxygen atoms in total. The van der Waals surface area contributed by atoms with E-state index in [2.05, 4.69) is 14.9 Å². The Hall–Kier alpha value is -2.81. The lowest BCUT2D eigenvalue weighted by atomic mass is 10.1. The van der Waals surface area contributed by atoms with Crippen molar-refractivity contribution in [1.29, 1.82) is 0 Å². The van der Waals surface area contributed by atoms with Gasteiger partial charge in [0.2, 0.25) is 0 Å². The molecule has 1 heterocycles. The molecule has 0 atom stereocenters. The third-order valence-corrected chi connectivity index (χ3v) is 4.80. The Bertz CT molecular complexity index is 967. The van der Waals surface area contributed by atoms with Crippen molar-refractivity contribution in [1.82, 2.24) is 10.2 Å². The minimum atomic E-state index is -4.61. The third kappa shape index (κ3) is 3.82. The second-order valence-electron chi connectivity index (χ2n) is 5.18. The van der Waals surface area contributed by atoms with Crippen LogP contribution < -0.4 is 4.72 Å².